The second kappa shape index (κ2) is 11.6. The first-order valence-corrected chi connectivity index (χ1v) is 9.62. The number of piperazine rings is 1. The first-order valence-electron chi connectivity index (χ1n) is 9.62. The number of amides is 1. The third kappa shape index (κ3) is 6.62. The van der Waals surface area contributed by atoms with Gasteiger partial charge in [0.2, 0.25) is 0 Å². The van der Waals surface area contributed by atoms with E-state index < -0.39 is 0 Å². The average Bonchev–Trinajstić information content (AvgIpc) is 3.22. The largest absolute Gasteiger partial charge is 0.450 e. The molecule has 2 heterocycles. The first kappa shape index (κ1) is 23.0. The molecule has 0 aliphatic carbocycles. The number of halogens is 1. The van der Waals surface area contributed by atoms with Gasteiger partial charge in [0.25, 0.3) is 0 Å². The zero-order valence-electron chi connectivity index (χ0n) is 17.0. The van der Waals surface area contributed by atoms with Gasteiger partial charge in [-0.15, -0.1) is 24.0 Å². The summed E-state index contributed by atoms with van der Waals surface area (Å²) in [6.07, 6.45) is 3.51. The summed E-state index contributed by atoms with van der Waals surface area (Å²) in [4.78, 5) is 20.1. The molecule has 0 saturated carbocycles. The highest BCUT2D eigenvalue weighted by atomic mass is 127. The van der Waals surface area contributed by atoms with Crippen LogP contribution in [0.25, 0.3) is 0 Å². The van der Waals surface area contributed by atoms with E-state index in [1.807, 2.05) is 23.9 Å². The lowest BCUT2D eigenvalue weighted by molar-refractivity contribution is 0.0914. The molecule has 2 aromatic rings. The molecule has 1 saturated heterocycles. The van der Waals surface area contributed by atoms with Crippen molar-refractivity contribution in [2.45, 2.75) is 20.0 Å². The standard InChI is InChI=1S/C20H28N6O2.HI/c1-3-28-20(27)25-12-10-24(11-13-25)19(21-2)22-15-17-6-4-7-18(14-17)16-26-9-5-8-23-26;/h4-9,14H,3,10-13,15-16H2,1-2H3,(H,21,22);1H. The van der Waals surface area contributed by atoms with Crippen molar-refractivity contribution in [1.82, 2.24) is 24.9 Å². The van der Waals surface area contributed by atoms with E-state index >= 15 is 0 Å². The molecule has 1 aliphatic heterocycles. The lowest BCUT2D eigenvalue weighted by Crippen LogP contribution is -2.53. The maximum absolute atomic E-state index is 11.8. The molecule has 1 amide bonds. The molecule has 29 heavy (non-hydrogen) atoms. The molecule has 1 aromatic carbocycles. The van der Waals surface area contributed by atoms with Gasteiger partial charge >= 0.3 is 6.09 Å². The van der Waals surface area contributed by atoms with Gasteiger partial charge in [-0.05, 0) is 24.1 Å². The van der Waals surface area contributed by atoms with Gasteiger partial charge in [0.05, 0.1) is 13.2 Å². The van der Waals surface area contributed by atoms with Gasteiger partial charge in [-0.1, -0.05) is 24.3 Å². The third-order valence-electron chi connectivity index (χ3n) is 4.66. The van der Waals surface area contributed by atoms with Gasteiger partial charge in [-0.2, -0.15) is 5.10 Å². The SMILES string of the molecule is CCOC(=O)N1CCN(C(=NC)NCc2cccc(Cn3cccn3)c2)CC1.I. The molecule has 0 atom stereocenters. The molecule has 1 aromatic heterocycles. The summed E-state index contributed by atoms with van der Waals surface area (Å²) in [5, 5.41) is 7.69. The Morgan fingerprint density at radius 1 is 1.17 bits per heavy atom. The number of nitrogens with one attached hydrogen (secondary N) is 1. The molecule has 158 valence electrons. The van der Waals surface area contributed by atoms with Gasteiger partial charge in [0, 0.05) is 52.2 Å². The number of guanidine groups is 1. The van der Waals surface area contributed by atoms with E-state index in [9.17, 15) is 4.79 Å². The molecule has 1 N–H and O–H groups in total. The van der Waals surface area contributed by atoms with Crippen molar-refractivity contribution in [1.29, 1.82) is 0 Å². The van der Waals surface area contributed by atoms with Crippen LogP contribution < -0.4 is 5.32 Å². The molecule has 1 fully saturated rings. The van der Waals surface area contributed by atoms with E-state index in [2.05, 4.69) is 44.6 Å². The molecule has 1 aliphatic rings. The third-order valence-corrected chi connectivity index (χ3v) is 4.66. The van der Waals surface area contributed by atoms with E-state index in [4.69, 9.17) is 4.74 Å². The van der Waals surface area contributed by atoms with E-state index in [0.29, 0.717) is 26.2 Å². The number of carbonyl (C=O) groups excluding carboxylic acids is 1. The van der Waals surface area contributed by atoms with Crippen LogP contribution in [0, 0.1) is 0 Å². The maximum atomic E-state index is 11.8. The van der Waals surface area contributed by atoms with Crippen LogP contribution in [0.4, 0.5) is 4.79 Å². The number of carbonyl (C=O) groups is 1. The summed E-state index contributed by atoms with van der Waals surface area (Å²) < 4.78 is 6.98. The van der Waals surface area contributed by atoms with Gasteiger partial charge in [0.15, 0.2) is 5.96 Å². The number of aliphatic imine (C=N–C) groups is 1. The van der Waals surface area contributed by atoms with Crippen LogP contribution >= 0.6 is 24.0 Å². The second-order valence-electron chi connectivity index (χ2n) is 6.60. The Labute approximate surface area is 188 Å². The van der Waals surface area contributed by atoms with Crippen molar-refractivity contribution in [3.05, 3.63) is 53.9 Å². The smallest absolute Gasteiger partial charge is 0.409 e. The van der Waals surface area contributed by atoms with Crippen molar-refractivity contribution in [3.8, 4) is 0 Å². The Morgan fingerprint density at radius 2 is 1.90 bits per heavy atom. The lowest BCUT2D eigenvalue weighted by Gasteiger charge is -2.35. The quantitative estimate of drug-likeness (QED) is 0.379. The Balaban J connectivity index is 0.00000300. The zero-order chi connectivity index (χ0) is 19.8. The minimum absolute atomic E-state index is 0. The van der Waals surface area contributed by atoms with Crippen molar-refractivity contribution < 1.29 is 9.53 Å². The summed E-state index contributed by atoms with van der Waals surface area (Å²) in [6, 6.07) is 10.4. The maximum Gasteiger partial charge on any atom is 0.409 e. The van der Waals surface area contributed by atoms with Crippen LogP contribution in [-0.4, -0.2) is 71.5 Å². The number of hydrogen-bond acceptors (Lipinski definition) is 4. The fraction of sp³-hybridized carbons (Fsp3) is 0.450. The number of rotatable bonds is 5. The predicted octanol–water partition coefficient (Wildman–Crippen LogP) is 2.40. The van der Waals surface area contributed by atoms with Gasteiger partial charge in [-0.3, -0.25) is 9.67 Å². The molecule has 9 heteroatoms. The molecular weight excluding hydrogens is 483 g/mol. The summed E-state index contributed by atoms with van der Waals surface area (Å²) in [7, 11) is 1.79. The fourth-order valence-electron chi connectivity index (χ4n) is 3.25. The number of ether oxygens (including phenoxy) is 1. The summed E-state index contributed by atoms with van der Waals surface area (Å²) in [5.41, 5.74) is 2.40. The van der Waals surface area contributed by atoms with Crippen LogP contribution in [0.5, 0.6) is 0 Å². The highest BCUT2D eigenvalue weighted by Crippen LogP contribution is 2.08. The van der Waals surface area contributed by atoms with Crippen molar-refractivity contribution in [2.75, 3.05) is 39.8 Å². The van der Waals surface area contributed by atoms with Crippen LogP contribution in [-0.2, 0) is 17.8 Å². The Hall–Kier alpha value is -2.30. The minimum Gasteiger partial charge on any atom is -0.450 e. The minimum atomic E-state index is -0.237. The molecule has 0 bridgehead atoms. The van der Waals surface area contributed by atoms with Crippen LogP contribution in [0.3, 0.4) is 0 Å². The molecule has 3 rings (SSSR count). The van der Waals surface area contributed by atoms with Crippen LogP contribution in [0.2, 0.25) is 0 Å². The normalized spacial score (nSPS) is 14.3. The van der Waals surface area contributed by atoms with E-state index in [0.717, 1.165) is 25.6 Å². The number of nitrogens with zero attached hydrogens (tertiary/aromatic N) is 5. The molecule has 0 unspecified atom stereocenters. The summed E-state index contributed by atoms with van der Waals surface area (Å²) >= 11 is 0. The summed E-state index contributed by atoms with van der Waals surface area (Å²) in [5.74, 6) is 0.848. The highest BCUT2D eigenvalue weighted by molar-refractivity contribution is 14.0. The zero-order valence-corrected chi connectivity index (χ0v) is 19.3. The van der Waals surface area contributed by atoms with Gasteiger partial charge in [-0.25, -0.2) is 4.79 Å². The van der Waals surface area contributed by atoms with Crippen LogP contribution in [0.15, 0.2) is 47.7 Å². The van der Waals surface area contributed by atoms with Crippen molar-refractivity contribution in [3.63, 3.8) is 0 Å². The fourth-order valence-corrected chi connectivity index (χ4v) is 3.25. The average molecular weight is 512 g/mol. The van der Waals surface area contributed by atoms with Crippen LogP contribution in [0.1, 0.15) is 18.1 Å². The topological polar surface area (TPSA) is 75.0 Å². The Bertz CT molecular complexity index is 788. The molecule has 8 nitrogen and oxygen atoms in total. The highest BCUT2D eigenvalue weighted by Gasteiger charge is 2.23. The molecular formula is C20H29IN6O2. The molecule has 0 radical (unpaired) electrons. The van der Waals surface area contributed by atoms with Crippen molar-refractivity contribution >= 4 is 36.0 Å². The summed E-state index contributed by atoms with van der Waals surface area (Å²) in [6.45, 7) is 6.42. The number of aromatic nitrogens is 2. The van der Waals surface area contributed by atoms with E-state index in [-0.39, 0.29) is 30.1 Å². The first-order chi connectivity index (χ1) is 13.7. The Kier molecular flexibility index (Phi) is 9.23. The lowest BCUT2D eigenvalue weighted by atomic mass is 10.1. The van der Waals surface area contributed by atoms with Crippen molar-refractivity contribution in [2.24, 2.45) is 4.99 Å². The monoisotopic (exact) mass is 512 g/mol. The Morgan fingerprint density at radius 3 is 2.55 bits per heavy atom. The second-order valence-corrected chi connectivity index (χ2v) is 6.60. The van der Waals surface area contributed by atoms with E-state index in [1.54, 1.807) is 18.1 Å². The van der Waals surface area contributed by atoms with Gasteiger partial charge < -0.3 is 19.9 Å². The number of benzene rings is 1. The number of hydrogen-bond donors (Lipinski definition) is 1. The predicted molar refractivity (Wildman–Crippen MR) is 124 cm³/mol. The van der Waals surface area contributed by atoms with E-state index in [1.165, 1.54) is 11.1 Å². The molecule has 0 spiro atoms. The van der Waals surface area contributed by atoms with Gasteiger partial charge in [0.1, 0.15) is 0 Å².